The molecule has 0 aromatic rings. The van der Waals surface area contributed by atoms with Gasteiger partial charge in [0.25, 0.3) is 7.82 Å². The van der Waals surface area contributed by atoms with Gasteiger partial charge in [0.15, 0.2) is 0 Å². The van der Waals surface area contributed by atoms with Gasteiger partial charge in [-0.2, -0.15) is 0 Å². The van der Waals surface area contributed by atoms with Crippen molar-refractivity contribution in [2.75, 3.05) is 40.9 Å². The molecule has 0 aliphatic carbocycles. The maximum atomic E-state index is 12.8. The van der Waals surface area contributed by atoms with Gasteiger partial charge in [-0.05, 0) is 90.4 Å². The summed E-state index contributed by atoms with van der Waals surface area (Å²) in [5, 5.41) is 22.9. The van der Waals surface area contributed by atoms with Crippen LogP contribution in [0.1, 0.15) is 136 Å². The number of quaternary nitrogens is 1. The van der Waals surface area contributed by atoms with Gasteiger partial charge < -0.3 is 34.0 Å². The second-order valence-corrected chi connectivity index (χ2v) is 16.3. The molecule has 0 saturated carbocycles. The van der Waals surface area contributed by atoms with Crippen LogP contribution >= 0.6 is 7.82 Å². The molecule has 3 N–H and O–H groups in total. The molecule has 9 nitrogen and oxygen atoms in total. The zero-order chi connectivity index (χ0) is 39.5. The number of carbonyl (C=O) groups is 1. The van der Waals surface area contributed by atoms with E-state index in [0.717, 1.165) is 77.0 Å². The summed E-state index contributed by atoms with van der Waals surface area (Å²) in [7, 11) is 1.18. The van der Waals surface area contributed by atoms with Crippen molar-refractivity contribution in [1.29, 1.82) is 0 Å². The molecular weight excluding hydrogens is 687 g/mol. The Morgan fingerprint density at radius 1 is 0.717 bits per heavy atom. The first kappa shape index (κ1) is 50.9. The van der Waals surface area contributed by atoms with E-state index in [1.807, 2.05) is 34.1 Å². The highest BCUT2D eigenvalue weighted by Crippen LogP contribution is 2.38. The van der Waals surface area contributed by atoms with Crippen LogP contribution in [0.15, 0.2) is 72.9 Å². The Morgan fingerprint density at radius 3 is 1.77 bits per heavy atom. The van der Waals surface area contributed by atoms with E-state index in [0.29, 0.717) is 17.4 Å². The molecule has 0 spiro atoms. The number of rotatable bonds is 35. The molecule has 306 valence electrons. The number of nitrogens with one attached hydrogen (secondary N) is 1. The number of aliphatic hydroxyl groups excluding tert-OH is 2. The minimum Gasteiger partial charge on any atom is -0.756 e. The largest absolute Gasteiger partial charge is 0.756 e. The molecule has 0 radical (unpaired) electrons. The third-order valence-corrected chi connectivity index (χ3v) is 9.34. The van der Waals surface area contributed by atoms with Crippen molar-refractivity contribution in [2.24, 2.45) is 0 Å². The smallest absolute Gasteiger partial charge is 0.268 e. The quantitative estimate of drug-likeness (QED) is 0.0254. The fourth-order valence-electron chi connectivity index (χ4n) is 5.10. The number of carbonyl (C=O) groups excluding carboxylic acids is 1. The molecular formula is C43H77N2O7P. The second-order valence-electron chi connectivity index (χ2n) is 14.9. The van der Waals surface area contributed by atoms with Crippen LogP contribution in [0.2, 0.25) is 0 Å². The van der Waals surface area contributed by atoms with Crippen LogP contribution in [0.25, 0.3) is 0 Å². The van der Waals surface area contributed by atoms with Crippen LogP contribution < -0.4 is 10.2 Å². The van der Waals surface area contributed by atoms with E-state index >= 15 is 0 Å². The lowest BCUT2D eigenvalue weighted by atomic mass is 10.1. The first-order valence-electron chi connectivity index (χ1n) is 20.3. The van der Waals surface area contributed by atoms with E-state index in [-0.39, 0.29) is 25.0 Å². The fourth-order valence-corrected chi connectivity index (χ4v) is 5.83. The normalized spacial score (nSPS) is 15.8. The summed E-state index contributed by atoms with van der Waals surface area (Å²) in [5.41, 5.74) is 0. The molecule has 0 bridgehead atoms. The molecule has 53 heavy (non-hydrogen) atoms. The third kappa shape index (κ3) is 38.0. The standard InChI is InChI=1S/C43H77N2O7P/c1-6-7-8-9-10-11-12-16-20-23-26-29-32-35-42(47)41(39-52-53(49,50)51-38-37-45(3,4)5)44-43(48)36-33-30-27-24-21-18-15-13-14-17-19-22-25-28-31-34-40(2)46/h8-9,14-15,17-18,22,24-25,27,32,35,40-42,46-47H,6-7,10-13,16,19-21,23,26,28-31,33-34,36-39H2,1-5H3,(H-,44,48,49,50)/b9-8-,17-14-,18-15-,25-22-,27-24-,35-32+/t40-,41-,42+/m0/s1. The summed E-state index contributed by atoms with van der Waals surface area (Å²) < 4.78 is 23.1. The predicted octanol–water partition coefficient (Wildman–Crippen LogP) is 9.19. The van der Waals surface area contributed by atoms with Gasteiger partial charge >= 0.3 is 0 Å². The fraction of sp³-hybridized carbons (Fsp3) is 0.698. The SMILES string of the molecule is CCC/C=C\CCCCCCCC/C=C/[C@@H](O)[C@H](COP(=O)([O-])OCC[N+](C)(C)C)NC(=O)CCC/C=C\C/C=C\C/C=C\C/C=C\CCC[C@H](C)O. The Hall–Kier alpha value is -2.10. The minimum atomic E-state index is -4.61. The Bertz CT molecular complexity index is 1110. The number of amides is 1. The van der Waals surface area contributed by atoms with E-state index < -0.39 is 26.6 Å². The summed E-state index contributed by atoms with van der Waals surface area (Å²) in [5.74, 6) is -0.270. The van der Waals surface area contributed by atoms with Gasteiger partial charge in [-0.15, -0.1) is 0 Å². The number of hydrogen-bond acceptors (Lipinski definition) is 7. The molecule has 0 aliphatic heterocycles. The summed E-state index contributed by atoms with van der Waals surface area (Å²) >= 11 is 0. The lowest BCUT2D eigenvalue weighted by Crippen LogP contribution is -2.45. The first-order chi connectivity index (χ1) is 25.4. The summed E-state index contributed by atoms with van der Waals surface area (Å²) in [6.07, 6.45) is 42.2. The highest BCUT2D eigenvalue weighted by Gasteiger charge is 2.23. The number of aliphatic hydroxyl groups is 2. The number of hydrogen-bond donors (Lipinski definition) is 3. The Kier molecular flexibility index (Phi) is 33.0. The van der Waals surface area contributed by atoms with Gasteiger partial charge in [0.05, 0.1) is 46.0 Å². The van der Waals surface area contributed by atoms with Gasteiger partial charge in [-0.25, -0.2) is 0 Å². The van der Waals surface area contributed by atoms with Crippen LogP contribution in [0, 0.1) is 0 Å². The summed E-state index contributed by atoms with van der Waals surface area (Å²) in [4.78, 5) is 25.2. The summed E-state index contributed by atoms with van der Waals surface area (Å²) in [6.45, 7) is 4.05. The highest BCUT2D eigenvalue weighted by molar-refractivity contribution is 7.45. The number of phosphoric acid groups is 1. The van der Waals surface area contributed by atoms with Crippen molar-refractivity contribution in [3.8, 4) is 0 Å². The number of likely N-dealkylation sites (N-methyl/N-ethyl adjacent to an activating group) is 1. The lowest BCUT2D eigenvalue weighted by Gasteiger charge is -2.29. The van der Waals surface area contributed by atoms with Crippen LogP contribution in [-0.2, 0) is 18.4 Å². The zero-order valence-electron chi connectivity index (χ0n) is 34.0. The molecule has 0 saturated heterocycles. The molecule has 4 atom stereocenters. The number of unbranched alkanes of at least 4 members (excludes halogenated alkanes) is 10. The van der Waals surface area contributed by atoms with Crippen molar-refractivity contribution in [1.82, 2.24) is 5.32 Å². The first-order valence-corrected chi connectivity index (χ1v) is 21.8. The second kappa shape index (κ2) is 34.4. The maximum absolute atomic E-state index is 12.8. The summed E-state index contributed by atoms with van der Waals surface area (Å²) in [6, 6.07) is -0.930. The van der Waals surface area contributed by atoms with Crippen LogP contribution in [0.4, 0.5) is 0 Å². The Labute approximate surface area is 324 Å². The Morgan fingerprint density at radius 2 is 1.21 bits per heavy atom. The predicted molar refractivity (Wildman–Crippen MR) is 220 cm³/mol. The van der Waals surface area contributed by atoms with Crippen LogP contribution in [-0.4, -0.2) is 79.8 Å². The number of phosphoric ester groups is 1. The van der Waals surface area contributed by atoms with Gasteiger partial charge in [0, 0.05) is 6.42 Å². The van der Waals surface area contributed by atoms with E-state index in [4.69, 9.17) is 9.05 Å². The average Bonchev–Trinajstić information content (AvgIpc) is 3.09. The molecule has 0 heterocycles. The van der Waals surface area contributed by atoms with Crippen molar-refractivity contribution >= 4 is 13.7 Å². The van der Waals surface area contributed by atoms with Gasteiger partial charge in [0.2, 0.25) is 5.91 Å². The molecule has 1 amide bonds. The topological polar surface area (TPSA) is 128 Å². The molecule has 0 aromatic carbocycles. The average molecular weight is 765 g/mol. The van der Waals surface area contributed by atoms with Gasteiger partial charge in [-0.3, -0.25) is 9.36 Å². The van der Waals surface area contributed by atoms with E-state index in [1.54, 1.807) is 6.08 Å². The Balaban J connectivity index is 4.62. The molecule has 10 heteroatoms. The van der Waals surface area contributed by atoms with E-state index in [1.165, 1.54) is 32.1 Å². The molecule has 0 rings (SSSR count). The number of nitrogens with zero attached hydrogens (tertiary/aromatic N) is 1. The molecule has 0 fully saturated rings. The van der Waals surface area contributed by atoms with Gasteiger partial charge in [-0.1, -0.05) is 112 Å². The lowest BCUT2D eigenvalue weighted by molar-refractivity contribution is -0.870. The molecule has 0 aromatic heterocycles. The number of allylic oxidation sites excluding steroid dienone is 11. The van der Waals surface area contributed by atoms with Crippen molar-refractivity contribution < 1.29 is 38.0 Å². The highest BCUT2D eigenvalue weighted by atomic mass is 31.2. The van der Waals surface area contributed by atoms with E-state index in [9.17, 15) is 24.5 Å². The van der Waals surface area contributed by atoms with Crippen LogP contribution in [0.3, 0.4) is 0 Å². The van der Waals surface area contributed by atoms with Crippen molar-refractivity contribution in [2.45, 2.75) is 154 Å². The third-order valence-electron chi connectivity index (χ3n) is 8.38. The van der Waals surface area contributed by atoms with Crippen molar-refractivity contribution in [3.63, 3.8) is 0 Å². The van der Waals surface area contributed by atoms with Crippen molar-refractivity contribution in [3.05, 3.63) is 72.9 Å². The zero-order valence-corrected chi connectivity index (χ0v) is 34.9. The van der Waals surface area contributed by atoms with Crippen LogP contribution in [0.5, 0.6) is 0 Å². The maximum Gasteiger partial charge on any atom is 0.268 e. The molecule has 1 unspecified atom stereocenters. The monoisotopic (exact) mass is 765 g/mol. The van der Waals surface area contributed by atoms with E-state index in [2.05, 4.69) is 73.0 Å². The molecule has 0 aliphatic rings. The van der Waals surface area contributed by atoms with Gasteiger partial charge in [0.1, 0.15) is 13.2 Å². The minimum absolute atomic E-state index is 0.0225.